The molecule has 0 spiro atoms. The topological polar surface area (TPSA) is 129 Å². The first-order valence-electron chi connectivity index (χ1n) is 12.7. The number of carbonyl (C=O) groups is 4. The number of fused-ring (bicyclic) bond motifs is 1. The van der Waals surface area contributed by atoms with Crippen LogP contribution < -0.4 is 26.0 Å². The summed E-state index contributed by atoms with van der Waals surface area (Å²) in [5, 5.41) is 11.3. The van der Waals surface area contributed by atoms with Gasteiger partial charge in [-0.25, -0.2) is 0 Å². The molecule has 0 saturated heterocycles. The molecule has 1 aliphatic rings. The van der Waals surface area contributed by atoms with Crippen molar-refractivity contribution in [1.29, 1.82) is 0 Å². The zero-order valence-corrected chi connectivity index (χ0v) is 21.9. The van der Waals surface area contributed by atoms with Gasteiger partial charge in [-0.3, -0.25) is 19.2 Å². The summed E-state index contributed by atoms with van der Waals surface area (Å²) in [7, 11) is 3.91. The first-order valence-corrected chi connectivity index (χ1v) is 12.7. The van der Waals surface area contributed by atoms with Gasteiger partial charge in [-0.05, 0) is 64.4 Å². The molecule has 2 atom stereocenters. The first kappa shape index (κ1) is 29.1. The molecular weight excluding hydrogens is 462 g/mol. The van der Waals surface area contributed by atoms with Gasteiger partial charge in [0, 0.05) is 19.5 Å². The third-order valence-corrected chi connectivity index (χ3v) is 5.73. The fourth-order valence-corrected chi connectivity index (χ4v) is 3.85. The van der Waals surface area contributed by atoms with Gasteiger partial charge in [0.05, 0.1) is 12.2 Å². The molecule has 10 nitrogen and oxygen atoms in total. The van der Waals surface area contributed by atoms with E-state index in [4.69, 9.17) is 4.74 Å². The van der Waals surface area contributed by atoms with Crippen molar-refractivity contribution in [2.75, 3.05) is 40.3 Å². The van der Waals surface area contributed by atoms with Crippen LogP contribution >= 0.6 is 0 Å². The summed E-state index contributed by atoms with van der Waals surface area (Å²) in [4.78, 5) is 53.5. The van der Waals surface area contributed by atoms with E-state index in [0.29, 0.717) is 43.9 Å². The fourth-order valence-electron chi connectivity index (χ4n) is 3.85. The second-order valence-electron chi connectivity index (χ2n) is 9.75. The number of para-hydroxylation sites is 1. The molecule has 0 aromatic heterocycles. The van der Waals surface area contributed by atoms with E-state index in [0.717, 1.165) is 13.0 Å². The number of nitrogens with zero attached hydrogens (tertiary/aromatic N) is 1. The Hall–Kier alpha value is -3.14. The van der Waals surface area contributed by atoms with E-state index in [1.54, 1.807) is 24.3 Å². The summed E-state index contributed by atoms with van der Waals surface area (Å²) in [5.41, 5.74) is 0.306. The minimum atomic E-state index is -0.916. The van der Waals surface area contributed by atoms with Crippen LogP contribution in [0.4, 0.5) is 0 Å². The van der Waals surface area contributed by atoms with E-state index in [1.165, 1.54) is 0 Å². The van der Waals surface area contributed by atoms with Crippen LogP contribution in [-0.2, 0) is 14.4 Å². The Kier molecular flexibility index (Phi) is 12.2. The van der Waals surface area contributed by atoms with Crippen molar-refractivity contribution in [2.24, 2.45) is 5.92 Å². The van der Waals surface area contributed by atoms with E-state index >= 15 is 0 Å². The Bertz CT molecular complexity index is 889. The van der Waals surface area contributed by atoms with Crippen molar-refractivity contribution >= 4 is 23.6 Å². The third kappa shape index (κ3) is 10.2. The van der Waals surface area contributed by atoms with Gasteiger partial charge in [0.25, 0.3) is 5.91 Å². The Morgan fingerprint density at radius 1 is 1.17 bits per heavy atom. The highest BCUT2D eigenvalue weighted by molar-refractivity contribution is 5.99. The fraction of sp³-hybridized carbons (Fsp3) is 0.615. The second-order valence-corrected chi connectivity index (χ2v) is 9.75. The van der Waals surface area contributed by atoms with E-state index < -0.39 is 18.0 Å². The zero-order valence-electron chi connectivity index (χ0n) is 21.9. The standard InChI is InChI=1S/C26H41N5O5/c1-18(2)17-21-26(35)28-14-8-16-36-22-10-6-5-9-19(22)24(33)30-20(11-12-23(32)29-21)25(34)27-13-7-15-31(3)4/h5-6,9-10,18,20-21H,7-8,11-17H2,1-4H3,(H,27,34)(H,28,35)(H,29,32)(H,30,33)/t20-,21+/m0/s1. The highest BCUT2D eigenvalue weighted by Gasteiger charge is 2.26. The van der Waals surface area contributed by atoms with Crippen LogP contribution in [0.15, 0.2) is 24.3 Å². The lowest BCUT2D eigenvalue weighted by atomic mass is 10.0. The summed E-state index contributed by atoms with van der Waals surface area (Å²) in [6.45, 7) is 5.90. The summed E-state index contributed by atoms with van der Waals surface area (Å²) >= 11 is 0. The molecule has 0 aliphatic carbocycles. The van der Waals surface area contributed by atoms with E-state index in [9.17, 15) is 19.2 Å². The van der Waals surface area contributed by atoms with Crippen molar-refractivity contribution in [3.05, 3.63) is 29.8 Å². The van der Waals surface area contributed by atoms with E-state index in [-0.39, 0.29) is 36.5 Å². The number of ether oxygens (including phenoxy) is 1. The normalized spacial score (nSPS) is 20.1. The first-order chi connectivity index (χ1) is 17.2. The number of hydrogen-bond donors (Lipinski definition) is 4. The molecule has 0 unspecified atom stereocenters. The van der Waals surface area contributed by atoms with Crippen LogP contribution in [0.1, 0.15) is 56.3 Å². The predicted octanol–water partition coefficient (Wildman–Crippen LogP) is 1.06. The van der Waals surface area contributed by atoms with Gasteiger partial charge in [0.2, 0.25) is 17.7 Å². The molecule has 1 heterocycles. The number of rotatable bonds is 7. The van der Waals surface area contributed by atoms with Crippen LogP contribution in [-0.4, -0.2) is 80.9 Å². The highest BCUT2D eigenvalue weighted by atomic mass is 16.5. The minimum absolute atomic E-state index is 0.0178. The summed E-state index contributed by atoms with van der Waals surface area (Å²) in [6, 6.07) is 5.23. The molecule has 1 aromatic carbocycles. The van der Waals surface area contributed by atoms with Crippen molar-refractivity contribution in [1.82, 2.24) is 26.2 Å². The Morgan fingerprint density at radius 3 is 2.64 bits per heavy atom. The summed E-state index contributed by atoms with van der Waals surface area (Å²) in [6.07, 6.45) is 1.85. The van der Waals surface area contributed by atoms with Crippen molar-refractivity contribution < 1.29 is 23.9 Å². The van der Waals surface area contributed by atoms with E-state index in [2.05, 4.69) is 21.3 Å². The Morgan fingerprint density at radius 2 is 1.92 bits per heavy atom. The molecule has 0 bridgehead atoms. The molecule has 0 saturated carbocycles. The van der Waals surface area contributed by atoms with Gasteiger partial charge in [-0.15, -0.1) is 0 Å². The maximum absolute atomic E-state index is 13.1. The monoisotopic (exact) mass is 503 g/mol. The van der Waals surface area contributed by atoms with Gasteiger partial charge in [-0.2, -0.15) is 0 Å². The maximum Gasteiger partial charge on any atom is 0.255 e. The molecule has 1 aliphatic heterocycles. The molecule has 2 rings (SSSR count). The average molecular weight is 504 g/mol. The minimum Gasteiger partial charge on any atom is -0.493 e. The highest BCUT2D eigenvalue weighted by Crippen LogP contribution is 2.19. The smallest absolute Gasteiger partial charge is 0.255 e. The number of benzene rings is 1. The molecule has 10 heteroatoms. The molecule has 200 valence electrons. The van der Waals surface area contributed by atoms with Gasteiger partial charge < -0.3 is 30.9 Å². The molecule has 36 heavy (non-hydrogen) atoms. The van der Waals surface area contributed by atoms with Crippen molar-refractivity contribution in [3.8, 4) is 5.75 Å². The summed E-state index contributed by atoms with van der Waals surface area (Å²) in [5.74, 6) is -0.789. The Balaban J connectivity index is 2.21. The van der Waals surface area contributed by atoms with Gasteiger partial charge >= 0.3 is 0 Å². The number of amides is 4. The zero-order chi connectivity index (χ0) is 26.5. The van der Waals surface area contributed by atoms with Gasteiger partial charge in [0.15, 0.2) is 0 Å². The van der Waals surface area contributed by atoms with Crippen LogP contribution in [0, 0.1) is 5.92 Å². The molecule has 4 amide bonds. The SMILES string of the molecule is CC(C)C[C@H]1NC(=O)CC[C@@H](C(=O)NCCCN(C)C)NC(=O)c2ccccc2OCCCNC1=O. The third-order valence-electron chi connectivity index (χ3n) is 5.73. The van der Waals surface area contributed by atoms with Crippen molar-refractivity contribution in [2.45, 2.75) is 58.0 Å². The lowest BCUT2D eigenvalue weighted by Crippen LogP contribution is -2.50. The van der Waals surface area contributed by atoms with Gasteiger partial charge in [-0.1, -0.05) is 26.0 Å². The quantitative estimate of drug-likeness (QED) is 0.412. The second kappa shape index (κ2) is 15.1. The van der Waals surface area contributed by atoms with E-state index in [1.807, 2.05) is 32.8 Å². The summed E-state index contributed by atoms with van der Waals surface area (Å²) < 4.78 is 5.81. The van der Waals surface area contributed by atoms with Crippen LogP contribution in [0.5, 0.6) is 5.75 Å². The molecule has 1 aromatic rings. The molecule has 0 fully saturated rings. The maximum atomic E-state index is 13.1. The van der Waals surface area contributed by atoms with Crippen LogP contribution in [0.2, 0.25) is 0 Å². The average Bonchev–Trinajstić information content (AvgIpc) is 2.82. The largest absolute Gasteiger partial charge is 0.493 e. The van der Waals surface area contributed by atoms with Crippen molar-refractivity contribution in [3.63, 3.8) is 0 Å². The van der Waals surface area contributed by atoms with Crippen LogP contribution in [0.3, 0.4) is 0 Å². The van der Waals surface area contributed by atoms with Crippen LogP contribution in [0.25, 0.3) is 0 Å². The molecular formula is C26H41N5O5. The molecule has 0 radical (unpaired) electrons. The van der Waals surface area contributed by atoms with Gasteiger partial charge in [0.1, 0.15) is 17.8 Å². The number of hydrogen-bond acceptors (Lipinski definition) is 6. The Labute approximate surface area is 213 Å². The number of carbonyl (C=O) groups excluding carboxylic acids is 4. The lowest BCUT2D eigenvalue weighted by molar-refractivity contribution is -0.129. The molecule has 4 N–H and O–H groups in total. The number of nitrogens with one attached hydrogen (secondary N) is 4. The lowest BCUT2D eigenvalue weighted by Gasteiger charge is -2.23. The predicted molar refractivity (Wildman–Crippen MR) is 138 cm³/mol.